The molecular formula is C7H15IN2. The molecule has 1 saturated heterocycles. The molecule has 0 saturated carbocycles. The Hall–Kier alpha value is 0.200. The van der Waals surface area contributed by atoms with Crippen LogP contribution in [0.5, 0.6) is 0 Å². The van der Waals surface area contributed by atoms with Gasteiger partial charge in [-0.05, 0) is 0 Å². The molecule has 1 aliphatic rings. The molecule has 1 heterocycles. The molecule has 10 heavy (non-hydrogen) atoms. The second-order valence-corrected chi connectivity index (χ2v) is 8.62. The molecule has 1 fully saturated rings. The van der Waals surface area contributed by atoms with Crippen LogP contribution in [0.1, 0.15) is 19.8 Å². The molecular weight excluding hydrogens is 239 g/mol. The van der Waals surface area contributed by atoms with E-state index in [0.717, 1.165) is 5.92 Å². The molecule has 1 atom stereocenters. The molecule has 0 aromatic heterocycles. The quantitative estimate of drug-likeness (QED) is 0.242. The third kappa shape index (κ3) is 2.11. The number of hydrogen-bond acceptors (Lipinski definition) is 1. The first-order valence-corrected chi connectivity index (χ1v) is 7.79. The number of hydrogen-bond donors (Lipinski definition) is 2. The molecule has 60 valence electrons. The van der Waals surface area contributed by atoms with Gasteiger partial charge in [0.2, 0.25) is 0 Å². The maximum absolute atomic E-state index is 7.33. The van der Waals surface area contributed by atoms with Gasteiger partial charge in [-0.25, -0.2) is 0 Å². The summed E-state index contributed by atoms with van der Waals surface area (Å²) in [6.07, 6.45) is 2.69. The van der Waals surface area contributed by atoms with E-state index in [1.54, 1.807) is 0 Å². The second-order valence-electron chi connectivity index (χ2n) is 2.89. The van der Waals surface area contributed by atoms with Crippen LogP contribution in [-0.2, 0) is 0 Å². The van der Waals surface area contributed by atoms with Gasteiger partial charge in [-0.1, -0.05) is 0 Å². The summed E-state index contributed by atoms with van der Waals surface area (Å²) in [6, 6.07) is 0. The first-order chi connectivity index (χ1) is 4.70. The Balaban J connectivity index is 2.39. The van der Waals surface area contributed by atoms with Crippen molar-refractivity contribution in [3.8, 4) is 0 Å². The second kappa shape index (κ2) is 3.55. The Bertz CT molecular complexity index is 136. The Morgan fingerprint density at radius 1 is 1.70 bits per heavy atom. The van der Waals surface area contributed by atoms with E-state index in [1.807, 2.05) is 0 Å². The van der Waals surface area contributed by atoms with Crippen molar-refractivity contribution in [1.82, 2.24) is 0 Å². The number of alkyl halides is 2. The molecule has 0 aromatic rings. The van der Waals surface area contributed by atoms with Crippen LogP contribution >= 0.6 is 19.8 Å². The molecule has 1 aliphatic heterocycles. The summed E-state index contributed by atoms with van der Waals surface area (Å²) in [6.45, 7) is 2.28. The molecule has 0 spiro atoms. The summed E-state index contributed by atoms with van der Waals surface area (Å²) in [5, 5.41) is 7.33. The van der Waals surface area contributed by atoms with E-state index >= 15 is 0 Å². The summed E-state index contributed by atoms with van der Waals surface area (Å²) in [4.78, 5) is 0. The first-order valence-electron chi connectivity index (χ1n) is 3.66. The van der Waals surface area contributed by atoms with Crippen LogP contribution in [0.25, 0.3) is 0 Å². The van der Waals surface area contributed by atoms with Gasteiger partial charge in [-0.3, -0.25) is 0 Å². The molecule has 3 N–H and O–H groups in total. The fourth-order valence-electron chi connectivity index (χ4n) is 1.24. The standard InChI is InChI=1S/C7H15IN2/c1-6-3-2-4-8(5-6)7(9)10/h6H,2-5H2,1H3,(H3,9,10). The number of nitrogens with two attached hydrogens (primary N) is 1. The summed E-state index contributed by atoms with van der Waals surface area (Å²) in [5.41, 5.74) is 5.48. The van der Waals surface area contributed by atoms with Crippen molar-refractivity contribution < 1.29 is 0 Å². The van der Waals surface area contributed by atoms with Crippen molar-refractivity contribution in [3.63, 3.8) is 0 Å². The summed E-state index contributed by atoms with van der Waals surface area (Å²) in [7, 11) is 0. The van der Waals surface area contributed by atoms with Crippen LogP contribution in [0.15, 0.2) is 0 Å². The Kier molecular flexibility index (Phi) is 2.95. The van der Waals surface area contributed by atoms with Gasteiger partial charge in [0.1, 0.15) is 0 Å². The van der Waals surface area contributed by atoms with Gasteiger partial charge in [0.25, 0.3) is 0 Å². The third-order valence-corrected chi connectivity index (χ3v) is 8.07. The topological polar surface area (TPSA) is 49.9 Å². The van der Waals surface area contributed by atoms with E-state index < -0.39 is 19.8 Å². The summed E-state index contributed by atoms with van der Waals surface area (Å²) >= 11 is -1.06. The normalized spacial score (nSPS) is 30.1. The van der Waals surface area contributed by atoms with Crippen molar-refractivity contribution >= 4 is 23.7 Å². The van der Waals surface area contributed by atoms with Gasteiger partial charge in [0.05, 0.1) is 0 Å². The van der Waals surface area contributed by atoms with E-state index in [0.29, 0.717) is 3.84 Å². The molecule has 0 radical (unpaired) electrons. The fraction of sp³-hybridized carbons (Fsp3) is 0.857. The van der Waals surface area contributed by atoms with E-state index in [9.17, 15) is 0 Å². The van der Waals surface area contributed by atoms with Gasteiger partial charge in [-0.2, -0.15) is 0 Å². The third-order valence-electron chi connectivity index (χ3n) is 1.80. The Morgan fingerprint density at radius 3 is 2.80 bits per heavy atom. The van der Waals surface area contributed by atoms with Gasteiger partial charge in [0.15, 0.2) is 0 Å². The van der Waals surface area contributed by atoms with Crippen LogP contribution in [0.2, 0.25) is 0 Å². The van der Waals surface area contributed by atoms with Crippen LogP contribution in [-0.4, -0.2) is 12.7 Å². The fourth-order valence-corrected chi connectivity index (χ4v) is 6.36. The molecule has 1 unspecified atom stereocenters. The predicted octanol–water partition coefficient (Wildman–Crippen LogP) is 1.82. The first kappa shape index (κ1) is 8.30. The zero-order valence-electron chi connectivity index (χ0n) is 6.36. The van der Waals surface area contributed by atoms with Gasteiger partial charge >= 0.3 is 69.3 Å². The summed E-state index contributed by atoms with van der Waals surface area (Å²) in [5.74, 6) is 0.850. The zero-order chi connectivity index (χ0) is 7.56. The predicted molar refractivity (Wildman–Crippen MR) is 54.1 cm³/mol. The zero-order valence-corrected chi connectivity index (χ0v) is 8.52. The van der Waals surface area contributed by atoms with Crippen LogP contribution in [0.3, 0.4) is 0 Å². The minimum atomic E-state index is -1.06. The Morgan fingerprint density at radius 2 is 2.40 bits per heavy atom. The molecule has 0 amide bonds. The molecule has 1 rings (SSSR count). The van der Waals surface area contributed by atoms with Gasteiger partial charge in [-0.15, -0.1) is 0 Å². The van der Waals surface area contributed by atoms with E-state index in [-0.39, 0.29) is 0 Å². The number of rotatable bonds is 1. The van der Waals surface area contributed by atoms with Crippen molar-refractivity contribution in [1.29, 1.82) is 5.41 Å². The van der Waals surface area contributed by atoms with Crippen LogP contribution < -0.4 is 5.73 Å². The van der Waals surface area contributed by atoms with Crippen molar-refractivity contribution in [3.05, 3.63) is 0 Å². The molecule has 0 aliphatic carbocycles. The van der Waals surface area contributed by atoms with E-state index in [1.165, 1.54) is 21.7 Å². The average Bonchev–Trinajstić information content (AvgIpc) is 1.88. The maximum atomic E-state index is 7.33. The van der Waals surface area contributed by atoms with Crippen LogP contribution in [0, 0.1) is 11.3 Å². The number of halogens is 1. The van der Waals surface area contributed by atoms with Crippen molar-refractivity contribution in [2.45, 2.75) is 19.8 Å². The summed E-state index contributed by atoms with van der Waals surface area (Å²) < 4.78 is 3.14. The molecule has 2 nitrogen and oxygen atoms in total. The van der Waals surface area contributed by atoms with Crippen molar-refractivity contribution in [2.24, 2.45) is 11.7 Å². The van der Waals surface area contributed by atoms with Gasteiger partial charge in [0, 0.05) is 0 Å². The van der Waals surface area contributed by atoms with Crippen LogP contribution in [0.4, 0.5) is 0 Å². The Labute approximate surface area is 69.5 Å². The van der Waals surface area contributed by atoms with Gasteiger partial charge < -0.3 is 0 Å². The monoisotopic (exact) mass is 254 g/mol. The SMILES string of the molecule is CC1CCCI(C(=N)N)C1. The minimum absolute atomic E-state index is 0.552. The number of nitrogens with one attached hydrogen (secondary N) is 1. The molecule has 0 aromatic carbocycles. The average molecular weight is 254 g/mol. The molecule has 3 heteroatoms. The van der Waals surface area contributed by atoms with E-state index in [4.69, 9.17) is 11.1 Å². The molecule has 0 bridgehead atoms. The van der Waals surface area contributed by atoms with E-state index in [2.05, 4.69) is 6.92 Å². The van der Waals surface area contributed by atoms with Crippen molar-refractivity contribution in [2.75, 3.05) is 8.86 Å². The number of amidine groups is 1.